The van der Waals surface area contributed by atoms with Gasteiger partial charge in [-0.25, -0.2) is 4.39 Å². The third kappa shape index (κ3) is 5.53. The molecule has 0 bridgehead atoms. The SMILES string of the molecule is CN=C(NCC(C)Oc1ccccc1F)NCC(C)c1ccsc1. The van der Waals surface area contributed by atoms with Crippen LogP contribution in [0.3, 0.4) is 0 Å². The molecule has 0 spiro atoms. The van der Waals surface area contributed by atoms with Gasteiger partial charge in [-0.2, -0.15) is 11.3 Å². The van der Waals surface area contributed by atoms with Gasteiger partial charge in [-0.1, -0.05) is 19.1 Å². The Hall–Kier alpha value is -2.08. The van der Waals surface area contributed by atoms with Crippen molar-refractivity contribution in [1.82, 2.24) is 10.6 Å². The van der Waals surface area contributed by atoms with Crippen molar-refractivity contribution in [2.75, 3.05) is 20.1 Å². The number of nitrogens with zero attached hydrogens (tertiary/aromatic N) is 1. The highest BCUT2D eigenvalue weighted by Crippen LogP contribution is 2.17. The fraction of sp³-hybridized carbons (Fsp3) is 0.389. The van der Waals surface area contributed by atoms with E-state index in [1.807, 2.05) is 6.92 Å². The average molecular weight is 349 g/mol. The molecule has 2 rings (SSSR count). The Labute approximate surface area is 146 Å². The van der Waals surface area contributed by atoms with Crippen LogP contribution in [0.15, 0.2) is 46.1 Å². The standard InChI is InChI=1S/C18H24FN3OS/c1-13(15-8-9-24-12-15)10-21-18(20-3)22-11-14(2)23-17-7-5-4-6-16(17)19/h4-9,12-14H,10-11H2,1-3H3,(H2,20,21,22). The van der Waals surface area contributed by atoms with E-state index in [0.29, 0.717) is 18.4 Å². The molecule has 0 saturated heterocycles. The van der Waals surface area contributed by atoms with Crippen LogP contribution in [0.1, 0.15) is 25.3 Å². The maximum atomic E-state index is 13.6. The monoisotopic (exact) mass is 349 g/mol. The van der Waals surface area contributed by atoms with Crippen molar-refractivity contribution in [1.29, 1.82) is 0 Å². The number of para-hydroxylation sites is 1. The van der Waals surface area contributed by atoms with Gasteiger partial charge in [0, 0.05) is 13.6 Å². The van der Waals surface area contributed by atoms with Crippen LogP contribution in [0.2, 0.25) is 0 Å². The Kier molecular flexibility index (Phi) is 7.06. The summed E-state index contributed by atoms with van der Waals surface area (Å²) in [7, 11) is 1.73. The van der Waals surface area contributed by atoms with Gasteiger partial charge in [0.1, 0.15) is 6.10 Å². The molecule has 0 aliphatic carbocycles. The largest absolute Gasteiger partial charge is 0.486 e. The third-order valence-corrected chi connectivity index (χ3v) is 4.33. The Bertz CT molecular complexity index is 645. The molecule has 2 aromatic rings. The van der Waals surface area contributed by atoms with E-state index in [0.717, 1.165) is 6.54 Å². The molecule has 1 aromatic carbocycles. The summed E-state index contributed by atoms with van der Waals surface area (Å²) in [5, 5.41) is 10.7. The molecule has 6 heteroatoms. The molecule has 0 aliphatic rings. The molecule has 0 fully saturated rings. The number of rotatable bonds is 7. The molecule has 24 heavy (non-hydrogen) atoms. The number of halogens is 1. The first-order chi connectivity index (χ1) is 11.6. The van der Waals surface area contributed by atoms with Gasteiger partial charge >= 0.3 is 0 Å². The van der Waals surface area contributed by atoms with Gasteiger partial charge in [0.2, 0.25) is 0 Å². The van der Waals surface area contributed by atoms with Crippen LogP contribution in [-0.2, 0) is 0 Å². The molecule has 2 unspecified atom stereocenters. The number of nitrogens with one attached hydrogen (secondary N) is 2. The normalized spacial score (nSPS) is 14.1. The fourth-order valence-corrected chi connectivity index (χ4v) is 2.97. The number of ether oxygens (including phenoxy) is 1. The summed E-state index contributed by atoms with van der Waals surface area (Å²) in [6.07, 6.45) is -0.185. The van der Waals surface area contributed by atoms with Crippen molar-refractivity contribution in [3.05, 3.63) is 52.5 Å². The minimum absolute atomic E-state index is 0.185. The predicted molar refractivity (Wildman–Crippen MR) is 98.6 cm³/mol. The second kappa shape index (κ2) is 9.27. The number of benzene rings is 1. The molecule has 1 heterocycles. The number of guanidine groups is 1. The predicted octanol–water partition coefficient (Wildman–Crippen LogP) is 3.62. The first-order valence-electron chi connectivity index (χ1n) is 7.98. The van der Waals surface area contributed by atoms with Crippen LogP contribution >= 0.6 is 11.3 Å². The van der Waals surface area contributed by atoms with Crippen LogP contribution in [0.5, 0.6) is 5.75 Å². The van der Waals surface area contributed by atoms with Gasteiger partial charge in [-0.15, -0.1) is 0 Å². The number of hydrogen-bond acceptors (Lipinski definition) is 3. The zero-order valence-corrected chi connectivity index (χ0v) is 15.1. The molecule has 0 aliphatic heterocycles. The van der Waals surface area contributed by atoms with Crippen molar-refractivity contribution >= 4 is 17.3 Å². The van der Waals surface area contributed by atoms with Gasteiger partial charge < -0.3 is 15.4 Å². The summed E-state index contributed by atoms with van der Waals surface area (Å²) in [5.41, 5.74) is 1.32. The van der Waals surface area contributed by atoms with E-state index in [9.17, 15) is 4.39 Å². The molecule has 130 valence electrons. The van der Waals surface area contributed by atoms with Crippen LogP contribution in [0.25, 0.3) is 0 Å². The van der Waals surface area contributed by atoms with E-state index >= 15 is 0 Å². The van der Waals surface area contributed by atoms with Crippen LogP contribution in [0, 0.1) is 5.82 Å². The maximum Gasteiger partial charge on any atom is 0.191 e. The molecular formula is C18H24FN3OS. The molecule has 0 radical (unpaired) electrons. The highest BCUT2D eigenvalue weighted by atomic mass is 32.1. The maximum absolute atomic E-state index is 13.6. The lowest BCUT2D eigenvalue weighted by Gasteiger charge is -2.19. The van der Waals surface area contributed by atoms with Crippen molar-refractivity contribution in [2.45, 2.75) is 25.9 Å². The van der Waals surface area contributed by atoms with Crippen molar-refractivity contribution in [2.24, 2.45) is 4.99 Å². The summed E-state index contributed by atoms with van der Waals surface area (Å²) in [5.74, 6) is 1.03. The van der Waals surface area contributed by atoms with E-state index in [1.54, 1.807) is 36.6 Å². The minimum atomic E-state index is -0.351. The van der Waals surface area contributed by atoms with Gasteiger partial charge in [0.15, 0.2) is 17.5 Å². The number of thiophene rings is 1. The van der Waals surface area contributed by atoms with Gasteiger partial charge in [0.05, 0.1) is 6.54 Å². The van der Waals surface area contributed by atoms with Crippen molar-refractivity contribution < 1.29 is 9.13 Å². The zero-order valence-electron chi connectivity index (χ0n) is 14.3. The first-order valence-corrected chi connectivity index (χ1v) is 8.92. The van der Waals surface area contributed by atoms with E-state index in [2.05, 4.69) is 39.4 Å². The summed E-state index contributed by atoms with van der Waals surface area (Å²) < 4.78 is 19.2. The Morgan fingerprint density at radius 3 is 2.62 bits per heavy atom. The van der Waals surface area contributed by atoms with Crippen LogP contribution in [-0.4, -0.2) is 32.2 Å². The number of hydrogen-bond donors (Lipinski definition) is 2. The van der Waals surface area contributed by atoms with Gasteiger partial charge in [-0.3, -0.25) is 4.99 Å². The van der Waals surface area contributed by atoms with E-state index in [-0.39, 0.29) is 17.7 Å². The van der Waals surface area contributed by atoms with Crippen molar-refractivity contribution in [3.8, 4) is 5.75 Å². The molecule has 2 N–H and O–H groups in total. The second-order valence-corrected chi connectivity index (χ2v) is 6.43. The molecule has 2 atom stereocenters. The first kappa shape index (κ1) is 18.3. The van der Waals surface area contributed by atoms with Crippen LogP contribution < -0.4 is 15.4 Å². The summed E-state index contributed by atoms with van der Waals surface area (Å²) in [6.45, 7) is 5.38. The lowest BCUT2D eigenvalue weighted by molar-refractivity contribution is 0.214. The van der Waals surface area contributed by atoms with Crippen LogP contribution in [0.4, 0.5) is 4.39 Å². The third-order valence-electron chi connectivity index (χ3n) is 3.63. The molecule has 1 aromatic heterocycles. The van der Waals surface area contributed by atoms with Gasteiger partial charge in [-0.05, 0) is 47.4 Å². The Morgan fingerprint density at radius 2 is 1.96 bits per heavy atom. The minimum Gasteiger partial charge on any atom is -0.486 e. The second-order valence-electron chi connectivity index (χ2n) is 5.65. The van der Waals surface area contributed by atoms with Gasteiger partial charge in [0.25, 0.3) is 0 Å². The fourth-order valence-electron chi connectivity index (χ4n) is 2.18. The smallest absolute Gasteiger partial charge is 0.191 e. The number of aliphatic imine (C=N–C) groups is 1. The average Bonchev–Trinajstić information content (AvgIpc) is 3.11. The lowest BCUT2D eigenvalue weighted by atomic mass is 10.1. The van der Waals surface area contributed by atoms with Crippen molar-refractivity contribution in [3.63, 3.8) is 0 Å². The highest BCUT2D eigenvalue weighted by molar-refractivity contribution is 7.07. The summed E-state index contributed by atoms with van der Waals surface area (Å²) >= 11 is 1.70. The molecule has 4 nitrogen and oxygen atoms in total. The van der Waals surface area contributed by atoms with E-state index in [4.69, 9.17) is 4.74 Å². The van der Waals surface area contributed by atoms with E-state index in [1.165, 1.54) is 11.6 Å². The molecule has 0 saturated carbocycles. The summed E-state index contributed by atoms with van der Waals surface area (Å²) in [4.78, 5) is 4.21. The lowest BCUT2D eigenvalue weighted by Crippen LogP contribution is -2.42. The molecule has 0 amide bonds. The topological polar surface area (TPSA) is 45.7 Å². The Balaban J connectivity index is 1.76. The Morgan fingerprint density at radius 1 is 1.21 bits per heavy atom. The van der Waals surface area contributed by atoms with E-state index < -0.39 is 0 Å². The summed E-state index contributed by atoms with van der Waals surface area (Å²) in [6, 6.07) is 8.55. The molecular weight excluding hydrogens is 325 g/mol. The highest BCUT2D eigenvalue weighted by Gasteiger charge is 2.10. The zero-order chi connectivity index (χ0) is 17.4. The quantitative estimate of drug-likeness (QED) is 0.593.